The molecule has 1 saturated heterocycles. The summed E-state index contributed by atoms with van der Waals surface area (Å²) in [4.78, 5) is 12.7. The highest BCUT2D eigenvalue weighted by Gasteiger charge is 2.16. The van der Waals surface area contributed by atoms with Crippen molar-refractivity contribution in [1.82, 2.24) is 10.2 Å². The second-order valence-electron chi connectivity index (χ2n) is 3.54. The van der Waals surface area contributed by atoms with E-state index in [0.717, 1.165) is 19.6 Å². The Morgan fingerprint density at radius 1 is 1.77 bits per heavy atom. The first-order valence-corrected chi connectivity index (χ1v) is 4.66. The van der Waals surface area contributed by atoms with Gasteiger partial charge in [0, 0.05) is 13.6 Å². The van der Waals surface area contributed by atoms with Crippen molar-refractivity contribution >= 4 is 5.91 Å². The molecule has 3 nitrogen and oxygen atoms in total. The zero-order valence-corrected chi connectivity index (χ0v) is 8.05. The quantitative estimate of drug-likeness (QED) is 0.610. The molecule has 1 heterocycles. The Hall–Kier alpha value is -1.01. The van der Waals surface area contributed by atoms with Crippen LogP contribution in [0, 0.1) is 18.3 Å². The number of carbonyl (C=O) groups excluding carboxylic acids is 1. The molecule has 1 amide bonds. The van der Waals surface area contributed by atoms with Crippen molar-refractivity contribution in [2.24, 2.45) is 5.92 Å². The predicted octanol–water partition coefficient (Wildman–Crippen LogP) is 0.0776. The van der Waals surface area contributed by atoms with Gasteiger partial charge in [0.05, 0.1) is 0 Å². The normalized spacial score (nSPS) is 22.0. The number of terminal acetylenes is 1. The topological polar surface area (TPSA) is 32.3 Å². The van der Waals surface area contributed by atoms with Gasteiger partial charge < -0.3 is 10.2 Å². The molecule has 1 unspecified atom stereocenters. The van der Waals surface area contributed by atoms with Gasteiger partial charge in [0.1, 0.15) is 0 Å². The van der Waals surface area contributed by atoms with Crippen molar-refractivity contribution in [2.45, 2.75) is 12.8 Å². The summed E-state index contributed by atoms with van der Waals surface area (Å²) in [7, 11) is 1.76. The largest absolute Gasteiger partial charge is 0.335 e. The van der Waals surface area contributed by atoms with Crippen LogP contribution < -0.4 is 5.32 Å². The van der Waals surface area contributed by atoms with E-state index in [2.05, 4.69) is 11.2 Å². The third-order valence-electron chi connectivity index (χ3n) is 2.40. The molecule has 0 spiro atoms. The van der Waals surface area contributed by atoms with Gasteiger partial charge in [-0.15, -0.1) is 6.42 Å². The lowest BCUT2D eigenvalue weighted by atomic mass is 9.99. The summed E-state index contributed by atoms with van der Waals surface area (Å²) < 4.78 is 0. The third-order valence-corrected chi connectivity index (χ3v) is 2.40. The number of nitrogens with one attached hydrogen (secondary N) is 1. The number of rotatable bonds is 2. The van der Waals surface area contributed by atoms with E-state index in [1.54, 1.807) is 11.9 Å². The highest BCUT2D eigenvalue weighted by atomic mass is 16.2. The number of amides is 1. The van der Waals surface area contributed by atoms with Crippen LogP contribution in [0.1, 0.15) is 12.8 Å². The minimum Gasteiger partial charge on any atom is -0.335 e. The highest BCUT2D eigenvalue weighted by molar-refractivity contribution is 5.92. The number of nitrogens with zero attached hydrogens (tertiary/aromatic N) is 1. The summed E-state index contributed by atoms with van der Waals surface area (Å²) >= 11 is 0. The van der Waals surface area contributed by atoms with Gasteiger partial charge in [0.25, 0.3) is 5.91 Å². The summed E-state index contributed by atoms with van der Waals surface area (Å²) in [5.74, 6) is 2.47. The lowest BCUT2D eigenvalue weighted by Crippen LogP contribution is -2.38. The summed E-state index contributed by atoms with van der Waals surface area (Å²) in [6.45, 7) is 2.88. The number of piperidine rings is 1. The van der Waals surface area contributed by atoms with Crippen molar-refractivity contribution in [1.29, 1.82) is 0 Å². The van der Waals surface area contributed by atoms with Gasteiger partial charge in [-0.05, 0) is 37.8 Å². The van der Waals surface area contributed by atoms with E-state index in [9.17, 15) is 4.79 Å². The molecule has 0 aliphatic carbocycles. The van der Waals surface area contributed by atoms with Gasteiger partial charge in [0.2, 0.25) is 0 Å². The lowest BCUT2D eigenvalue weighted by Gasteiger charge is -2.26. The number of carbonyl (C=O) groups is 1. The average molecular weight is 180 g/mol. The van der Waals surface area contributed by atoms with Crippen LogP contribution in [0.15, 0.2) is 0 Å². The molecule has 72 valence electrons. The fourth-order valence-corrected chi connectivity index (χ4v) is 1.66. The molecule has 13 heavy (non-hydrogen) atoms. The molecule has 0 bridgehead atoms. The van der Waals surface area contributed by atoms with Gasteiger partial charge in [0.15, 0.2) is 0 Å². The maximum absolute atomic E-state index is 11.1. The molecule has 0 aromatic rings. The number of hydrogen-bond donors (Lipinski definition) is 1. The Bertz CT molecular complexity index is 213. The molecule has 1 rings (SSSR count). The maximum Gasteiger partial charge on any atom is 0.297 e. The van der Waals surface area contributed by atoms with E-state index >= 15 is 0 Å². The zero-order valence-electron chi connectivity index (χ0n) is 8.05. The van der Waals surface area contributed by atoms with E-state index in [0.29, 0.717) is 5.92 Å². The van der Waals surface area contributed by atoms with E-state index in [1.165, 1.54) is 12.8 Å². The SMILES string of the molecule is C#CC(=O)N(C)CC1CCCNC1. The Kier molecular flexibility index (Phi) is 3.78. The lowest BCUT2D eigenvalue weighted by molar-refractivity contribution is -0.124. The van der Waals surface area contributed by atoms with Gasteiger partial charge in [-0.2, -0.15) is 0 Å². The molecule has 1 N–H and O–H groups in total. The highest BCUT2D eigenvalue weighted by Crippen LogP contribution is 2.10. The summed E-state index contributed by atoms with van der Waals surface area (Å²) in [6, 6.07) is 0. The monoisotopic (exact) mass is 180 g/mol. The van der Waals surface area contributed by atoms with E-state index in [-0.39, 0.29) is 5.91 Å². The fraction of sp³-hybridized carbons (Fsp3) is 0.700. The van der Waals surface area contributed by atoms with Crippen LogP contribution in [0.25, 0.3) is 0 Å². The van der Waals surface area contributed by atoms with Crippen LogP contribution in [0.2, 0.25) is 0 Å². The van der Waals surface area contributed by atoms with E-state index < -0.39 is 0 Å². The fourth-order valence-electron chi connectivity index (χ4n) is 1.66. The van der Waals surface area contributed by atoms with Crippen LogP contribution in [0.3, 0.4) is 0 Å². The maximum atomic E-state index is 11.1. The van der Waals surface area contributed by atoms with Crippen molar-refractivity contribution < 1.29 is 4.79 Å². The van der Waals surface area contributed by atoms with Gasteiger partial charge in [-0.25, -0.2) is 0 Å². The van der Waals surface area contributed by atoms with Crippen molar-refractivity contribution in [3.05, 3.63) is 0 Å². The Morgan fingerprint density at radius 3 is 3.08 bits per heavy atom. The molecule has 0 saturated carbocycles. The Morgan fingerprint density at radius 2 is 2.54 bits per heavy atom. The molecule has 1 aliphatic heterocycles. The molecule has 0 radical (unpaired) electrons. The molecular weight excluding hydrogens is 164 g/mol. The van der Waals surface area contributed by atoms with Gasteiger partial charge in [-0.1, -0.05) is 0 Å². The second-order valence-corrected chi connectivity index (χ2v) is 3.54. The zero-order chi connectivity index (χ0) is 9.68. The summed E-state index contributed by atoms with van der Waals surface area (Å²) in [6.07, 6.45) is 7.41. The second kappa shape index (κ2) is 4.88. The van der Waals surface area contributed by atoms with E-state index in [4.69, 9.17) is 6.42 Å². The first-order valence-electron chi connectivity index (χ1n) is 4.66. The molecule has 0 aromatic heterocycles. The van der Waals surface area contributed by atoms with Crippen molar-refractivity contribution in [3.8, 4) is 12.3 Å². The van der Waals surface area contributed by atoms with Crippen LogP contribution >= 0.6 is 0 Å². The standard InChI is InChI=1S/C10H16N2O/c1-3-10(13)12(2)8-9-5-4-6-11-7-9/h1,9,11H,4-8H2,2H3. The minimum atomic E-state index is -0.217. The average Bonchev–Trinajstić information content (AvgIpc) is 2.18. The molecular formula is C10H16N2O. The Labute approximate surface area is 79.5 Å². The molecule has 3 heteroatoms. The van der Waals surface area contributed by atoms with Crippen molar-refractivity contribution in [3.63, 3.8) is 0 Å². The number of hydrogen-bond acceptors (Lipinski definition) is 2. The van der Waals surface area contributed by atoms with Crippen molar-refractivity contribution in [2.75, 3.05) is 26.7 Å². The first kappa shape index (κ1) is 10.1. The minimum absolute atomic E-state index is 0.217. The molecule has 1 atom stereocenters. The predicted molar refractivity (Wildman–Crippen MR) is 52.1 cm³/mol. The Balaban J connectivity index is 2.30. The third kappa shape index (κ3) is 3.08. The molecule has 0 aromatic carbocycles. The van der Waals surface area contributed by atoms with Crippen LogP contribution in [0.5, 0.6) is 0 Å². The summed E-state index contributed by atoms with van der Waals surface area (Å²) in [5, 5.41) is 3.31. The van der Waals surface area contributed by atoms with Crippen LogP contribution in [0.4, 0.5) is 0 Å². The first-order chi connectivity index (χ1) is 6.24. The van der Waals surface area contributed by atoms with Gasteiger partial charge >= 0.3 is 0 Å². The smallest absolute Gasteiger partial charge is 0.297 e. The molecule has 1 fully saturated rings. The summed E-state index contributed by atoms with van der Waals surface area (Å²) in [5.41, 5.74) is 0. The van der Waals surface area contributed by atoms with Crippen LogP contribution in [-0.2, 0) is 4.79 Å². The van der Waals surface area contributed by atoms with E-state index in [1.807, 2.05) is 0 Å². The molecule has 1 aliphatic rings. The van der Waals surface area contributed by atoms with Crippen LogP contribution in [-0.4, -0.2) is 37.5 Å². The van der Waals surface area contributed by atoms with Gasteiger partial charge in [-0.3, -0.25) is 4.79 Å².